The number of rotatable bonds is 4. The van der Waals surface area contributed by atoms with Gasteiger partial charge in [-0.1, -0.05) is 12.1 Å². The number of amides is 1. The fourth-order valence-corrected chi connectivity index (χ4v) is 5.44. The lowest BCUT2D eigenvalue weighted by molar-refractivity contribution is -0.117. The second kappa shape index (κ2) is 7.39. The highest BCUT2D eigenvalue weighted by molar-refractivity contribution is 7.16. The van der Waals surface area contributed by atoms with Crippen molar-refractivity contribution in [3.63, 3.8) is 0 Å². The Hall–Kier alpha value is -2.51. The molecule has 4 heterocycles. The van der Waals surface area contributed by atoms with Crippen LogP contribution in [0.2, 0.25) is 0 Å². The molecule has 2 saturated heterocycles. The number of thiophene rings is 1. The van der Waals surface area contributed by atoms with E-state index in [0.717, 1.165) is 58.8 Å². The Morgan fingerprint density at radius 2 is 1.97 bits per heavy atom. The Kier molecular flexibility index (Phi) is 4.72. The Morgan fingerprint density at radius 1 is 1.17 bits per heavy atom. The molecule has 0 radical (unpaired) electrons. The molecule has 2 atom stereocenters. The molecule has 1 N–H and O–H groups in total. The Balaban J connectivity index is 1.28. The molecule has 2 bridgehead atoms. The zero-order valence-corrected chi connectivity index (χ0v) is 17.6. The van der Waals surface area contributed by atoms with Crippen molar-refractivity contribution in [2.75, 3.05) is 29.9 Å². The summed E-state index contributed by atoms with van der Waals surface area (Å²) in [6, 6.07) is 9.09. The van der Waals surface area contributed by atoms with E-state index in [-0.39, 0.29) is 5.91 Å². The fourth-order valence-electron chi connectivity index (χ4n) is 4.71. The van der Waals surface area contributed by atoms with Gasteiger partial charge in [0.2, 0.25) is 5.91 Å². The summed E-state index contributed by atoms with van der Waals surface area (Å²) in [6.45, 7) is 6.30. The lowest BCUT2D eigenvalue weighted by atomic mass is 10.1. The second-order valence-electron chi connectivity index (χ2n) is 8.19. The highest BCUT2D eigenvalue weighted by atomic mass is 32.1. The van der Waals surface area contributed by atoms with Crippen molar-refractivity contribution in [2.24, 2.45) is 0 Å². The van der Waals surface area contributed by atoms with Gasteiger partial charge >= 0.3 is 0 Å². The van der Waals surface area contributed by atoms with Crippen LogP contribution in [0.5, 0.6) is 0 Å². The smallest absolute Gasteiger partial charge is 0.238 e. The number of nitrogens with zero attached hydrogens (tertiary/aromatic N) is 4. The number of benzene rings is 1. The van der Waals surface area contributed by atoms with Crippen LogP contribution in [0.3, 0.4) is 0 Å². The van der Waals surface area contributed by atoms with Gasteiger partial charge in [-0.05, 0) is 55.3 Å². The van der Waals surface area contributed by atoms with Crippen molar-refractivity contribution >= 4 is 39.0 Å². The van der Waals surface area contributed by atoms with Crippen LogP contribution in [-0.4, -0.2) is 52.5 Å². The minimum Gasteiger partial charge on any atom is -0.347 e. The molecule has 0 aliphatic carbocycles. The Labute approximate surface area is 174 Å². The molecule has 150 valence electrons. The van der Waals surface area contributed by atoms with Crippen molar-refractivity contribution in [1.82, 2.24) is 14.9 Å². The van der Waals surface area contributed by atoms with E-state index in [9.17, 15) is 4.79 Å². The SMILES string of the molecule is Cc1ccc(C)c(NC(=O)CN2CC3CCC(C2)N3c2ncnc3sccc23)c1. The van der Waals surface area contributed by atoms with Crippen LogP contribution in [0, 0.1) is 13.8 Å². The maximum absolute atomic E-state index is 12.7. The Morgan fingerprint density at radius 3 is 2.76 bits per heavy atom. The fraction of sp³-hybridized carbons (Fsp3) is 0.409. The minimum atomic E-state index is 0.0637. The Bertz CT molecular complexity index is 1050. The molecule has 2 fully saturated rings. The average molecular weight is 408 g/mol. The summed E-state index contributed by atoms with van der Waals surface area (Å²) >= 11 is 1.66. The standard InChI is InChI=1S/C22H25N5OS/c1-14-3-4-15(2)19(9-14)25-20(28)12-26-10-16-5-6-17(11-26)27(16)21-18-7-8-29-22(18)24-13-23-21/h3-4,7-9,13,16-17H,5-6,10-12H2,1-2H3,(H,25,28). The molecule has 29 heavy (non-hydrogen) atoms. The first-order valence-corrected chi connectivity index (χ1v) is 11.0. The van der Waals surface area contributed by atoms with Crippen LogP contribution >= 0.6 is 11.3 Å². The molecule has 2 unspecified atom stereocenters. The van der Waals surface area contributed by atoms with Crippen molar-refractivity contribution in [3.8, 4) is 0 Å². The molecule has 1 amide bonds. The highest BCUT2D eigenvalue weighted by Crippen LogP contribution is 2.37. The molecule has 2 aromatic heterocycles. The number of hydrogen-bond acceptors (Lipinski definition) is 6. The minimum absolute atomic E-state index is 0.0637. The summed E-state index contributed by atoms with van der Waals surface area (Å²) in [5, 5.41) is 6.33. The van der Waals surface area contributed by atoms with Crippen LogP contribution in [0.15, 0.2) is 36.0 Å². The maximum atomic E-state index is 12.7. The number of fused-ring (bicyclic) bond motifs is 3. The van der Waals surface area contributed by atoms with Gasteiger partial charge in [-0.25, -0.2) is 9.97 Å². The zero-order valence-electron chi connectivity index (χ0n) is 16.8. The van der Waals surface area contributed by atoms with E-state index in [1.807, 2.05) is 19.9 Å². The van der Waals surface area contributed by atoms with Gasteiger partial charge in [-0.3, -0.25) is 9.69 Å². The predicted octanol–water partition coefficient (Wildman–Crippen LogP) is 3.60. The molecule has 0 saturated carbocycles. The number of hydrogen-bond donors (Lipinski definition) is 1. The zero-order chi connectivity index (χ0) is 20.0. The summed E-state index contributed by atoms with van der Waals surface area (Å²) < 4.78 is 0. The summed E-state index contributed by atoms with van der Waals surface area (Å²) in [6.07, 6.45) is 3.97. The third-order valence-electron chi connectivity index (χ3n) is 6.08. The summed E-state index contributed by atoms with van der Waals surface area (Å²) in [5.41, 5.74) is 3.16. The van der Waals surface area contributed by atoms with Gasteiger partial charge < -0.3 is 10.2 Å². The molecule has 3 aromatic rings. The second-order valence-corrected chi connectivity index (χ2v) is 9.08. The lowest BCUT2D eigenvalue weighted by Crippen LogP contribution is -2.55. The molecular weight excluding hydrogens is 382 g/mol. The van der Waals surface area contributed by atoms with Crippen LogP contribution in [-0.2, 0) is 4.79 Å². The van der Waals surface area contributed by atoms with Crippen LogP contribution in [0.1, 0.15) is 24.0 Å². The van der Waals surface area contributed by atoms with Crippen molar-refractivity contribution in [3.05, 3.63) is 47.1 Å². The molecule has 5 rings (SSSR count). The summed E-state index contributed by atoms with van der Waals surface area (Å²) in [7, 11) is 0. The molecule has 1 aromatic carbocycles. The molecule has 6 nitrogen and oxygen atoms in total. The van der Waals surface area contributed by atoms with E-state index >= 15 is 0 Å². The topological polar surface area (TPSA) is 61.4 Å². The molecule has 2 aliphatic rings. The number of nitrogens with one attached hydrogen (secondary N) is 1. The van der Waals surface area contributed by atoms with Crippen LogP contribution in [0.25, 0.3) is 10.2 Å². The van der Waals surface area contributed by atoms with E-state index in [1.165, 1.54) is 0 Å². The number of aryl methyl sites for hydroxylation is 2. The van der Waals surface area contributed by atoms with Gasteiger partial charge in [0.15, 0.2) is 0 Å². The normalized spacial score (nSPS) is 21.7. The molecule has 7 heteroatoms. The van der Waals surface area contributed by atoms with Crippen molar-refractivity contribution < 1.29 is 4.79 Å². The van der Waals surface area contributed by atoms with Gasteiger partial charge in [0, 0.05) is 30.9 Å². The third-order valence-corrected chi connectivity index (χ3v) is 6.90. The van der Waals surface area contributed by atoms with E-state index < -0.39 is 0 Å². The quantitative estimate of drug-likeness (QED) is 0.716. The van der Waals surface area contributed by atoms with Crippen molar-refractivity contribution in [1.29, 1.82) is 0 Å². The number of piperazine rings is 1. The van der Waals surface area contributed by atoms with Crippen LogP contribution < -0.4 is 10.2 Å². The summed E-state index contributed by atoms with van der Waals surface area (Å²) in [5.74, 6) is 1.12. The van der Waals surface area contributed by atoms with Gasteiger partial charge in [0.05, 0.1) is 11.9 Å². The van der Waals surface area contributed by atoms with Crippen molar-refractivity contribution in [2.45, 2.75) is 38.8 Å². The largest absolute Gasteiger partial charge is 0.347 e. The first-order valence-electron chi connectivity index (χ1n) is 10.1. The van der Waals surface area contributed by atoms with E-state index in [1.54, 1.807) is 17.7 Å². The van der Waals surface area contributed by atoms with E-state index in [4.69, 9.17) is 0 Å². The lowest BCUT2D eigenvalue weighted by Gasteiger charge is -2.41. The molecule has 0 spiro atoms. The molecular formula is C22H25N5OS. The number of carbonyl (C=O) groups excluding carboxylic acids is 1. The molecule has 2 aliphatic heterocycles. The number of anilines is 2. The van der Waals surface area contributed by atoms with E-state index in [2.05, 4.69) is 48.7 Å². The predicted molar refractivity (Wildman–Crippen MR) is 118 cm³/mol. The summed E-state index contributed by atoms with van der Waals surface area (Å²) in [4.78, 5) is 27.5. The highest BCUT2D eigenvalue weighted by Gasteiger charge is 2.41. The van der Waals surface area contributed by atoms with Gasteiger partial charge in [0.1, 0.15) is 17.0 Å². The average Bonchev–Trinajstić information content (AvgIpc) is 3.27. The van der Waals surface area contributed by atoms with Gasteiger partial charge in [-0.15, -0.1) is 11.3 Å². The first kappa shape index (κ1) is 18.5. The van der Waals surface area contributed by atoms with E-state index in [0.29, 0.717) is 18.6 Å². The third kappa shape index (κ3) is 3.49. The first-order chi connectivity index (χ1) is 14.1. The number of aromatic nitrogens is 2. The number of likely N-dealkylation sites (tertiary alicyclic amines) is 1. The maximum Gasteiger partial charge on any atom is 0.238 e. The number of carbonyl (C=O) groups is 1. The van der Waals surface area contributed by atoms with Gasteiger partial charge in [-0.2, -0.15) is 0 Å². The van der Waals surface area contributed by atoms with Crippen LogP contribution in [0.4, 0.5) is 11.5 Å². The monoisotopic (exact) mass is 407 g/mol. The van der Waals surface area contributed by atoms with Gasteiger partial charge in [0.25, 0.3) is 0 Å².